The SMILES string of the molecule is CCOc1nc(N)nc(CC(C)C)n1. The summed E-state index contributed by atoms with van der Waals surface area (Å²) in [6.07, 6.45) is 0.785. The zero-order valence-corrected chi connectivity index (χ0v) is 8.82. The van der Waals surface area contributed by atoms with Crippen molar-refractivity contribution in [3.05, 3.63) is 5.82 Å². The number of rotatable bonds is 4. The summed E-state index contributed by atoms with van der Waals surface area (Å²) in [5, 5.41) is 0. The number of anilines is 1. The van der Waals surface area contributed by atoms with Crippen LogP contribution in [0.2, 0.25) is 0 Å². The van der Waals surface area contributed by atoms with E-state index in [0.717, 1.165) is 6.42 Å². The summed E-state index contributed by atoms with van der Waals surface area (Å²) in [7, 11) is 0. The quantitative estimate of drug-likeness (QED) is 0.779. The molecule has 0 aromatic carbocycles. The lowest BCUT2D eigenvalue weighted by Gasteiger charge is -2.06. The van der Waals surface area contributed by atoms with Gasteiger partial charge in [0.05, 0.1) is 6.61 Å². The summed E-state index contributed by atoms with van der Waals surface area (Å²) >= 11 is 0. The summed E-state index contributed by atoms with van der Waals surface area (Å²) in [6.45, 7) is 6.60. The van der Waals surface area contributed by atoms with Crippen molar-refractivity contribution in [2.45, 2.75) is 27.2 Å². The fourth-order valence-corrected chi connectivity index (χ4v) is 1.07. The average Bonchev–Trinajstić information content (AvgIpc) is 2.01. The van der Waals surface area contributed by atoms with Gasteiger partial charge >= 0.3 is 6.01 Å². The first kappa shape index (κ1) is 10.7. The van der Waals surface area contributed by atoms with E-state index in [-0.39, 0.29) is 5.95 Å². The number of nitrogen functional groups attached to an aromatic ring is 1. The topological polar surface area (TPSA) is 73.9 Å². The van der Waals surface area contributed by atoms with Crippen molar-refractivity contribution in [2.75, 3.05) is 12.3 Å². The lowest BCUT2D eigenvalue weighted by Crippen LogP contribution is -2.08. The van der Waals surface area contributed by atoms with Crippen molar-refractivity contribution >= 4 is 5.95 Å². The molecule has 0 aliphatic heterocycles. The smallest absolute Gasteiger partial charge is 0.321 e. The van der Waals surface area contributed by atoms with E-state index in [4.69, 9.17) is 10.5 Å². The van der Waals surface area contributed by atoms with Gasteiger partial charge in [0.15, 0.2) is 0 Å². The highest BCUT2D eigenvalue weighted by Gasteiger charge is 2.06. The van der Waals surface area contributed by atoms with Crippen molar-refractivity contribution < 1.29 is 4.74 Å². The summed E-state index contributed by atoms with van der Waals surface area (Å²) in [4.78, 5) is 12.0. The molecule has 78 valence electrons. The van der Waals surface area contributed by atoms with Gasteiger partial charge in [0.25, 0.3) is 0 Å². The molecule has 1 rings (SSSR count). The summed E-state index contributed by atoms with van der Waals surface area (Å²) in [6, 6.07) is 0.315. The molecule has 2 N–H and O–H groups in total. The van der Waals surface area contributed by atoms with Crippen molar-refractivity contribution in [2.24, 2.45) is 5.92 Å². The van der Waals surface area contributed by atoms with Gasteiger partial charge in [-0.3, -0.25) is 0 Å². The maximum absolute atomic E-state index is 5.52. The van der Waals surface area contributed by atoms with Gasteiger partial charge in [-0.05, 0) is 12.8 Å². The molecule has 14 heavy (non-hydrogen) atoms. The van der Waals surface area contributed by atoms with E-state index in [2.05, 4.69) is 28.8 Å². The monoisotopic (exact) mass is 196 g/mol. The average molecular weight is 196 g/mol. The Morgan fingerprint density at radius 1 is 1.29 bits per heavy atom. The van der Waals surface area contributed by atoms with Gasteiger partial charge in [-0.15, -0.1) is 0 Å². The second-order valence-corrected chi connectivity index (χ2v) is 3.42. The molecule has 0 saturated heterocycles. The van der Waals surface area contributed by atoms with Crippen LogP contribution < -0.4 is 10.5 Å². The maximum Gasteiger partial charge on any atom is 0.321 e. The fraction of sp³-hybridized carbons (Fsp3) is 0.667. The predicted molar refractivity (Wildman–Crippen MR) is 54.0 cm³/mol. The molecular weight excluding hydrogens is 180 g/mol. The summed E-state index contributed by atoms with van der Waals surface area (Å²) in [5.74, 6) is 1.40. The van der Waals surface area contributed by atoms with E-state index >= 15 is 0 Å². The standard InChI is InChI=1S/C9H16N4O/c1-4-14-9-12-7(5-6(2)3)11-8(10)13-9/h6H,4-5H2,1-3H3,(H2,10,11,12,13). The van der Waals surface area contributed by atoms with Crippen LogP contribution in [-0.2, 0) is 6.42 Å². The number of hydrogen-bond donors (Lipinski definition) is 1. The van der Waals surface area contributed by atoms with Crippen LogP contribution in [0, 0.1) is 5.92 Å². The van der Waals surface area contributed by atoms with E-state index in [0.29, 0.717) is 24.4 Å². The Hall–Kier alpha value is -1.39. The van der Waals surface area contributed by atoms with Crippen molar-refractivity contribution in [1.29, 1.82) is 0 Å². The molecular formula is C9H16N4O. The molecule has 0 aliphatic rings. The first-order valence-electron chi connectivity index (χ1n) is 4.75. The van der Waals surface area contributed by atoms with Crippen LogP contribution in [0.15, 0.2) is 0 Å². The van der Waals surface area contributed by atoms with Crippen LogP contribution in [0.1, 0.15) is 26.6 Å². The largest absolute Gasteiger partial charge is 0.464 e. The Morgan fingerprint density at radius 3 is 2.57 bits per heavy atom. The normalized spacial score (nSPS) is 10.6. The third-order valence-corrected chi connectivity index (χ3v) is 1.54. The van der Waals surface area contributed by atoms with Crippen LogP contribution in [-0.4, -0.2) is 21.6 Å². The Balaban J connectivity index is 2.83. The zero-order chi connectivity index (χ0) is 10.6. The first-order valence-corrected chi connectivity index (χ1v) is 4.75. The molecule has 0 unspecified atom stereocenters. The van der Waals surface area contributed by atoms with Gasteiger partial charge in [-0.2, -0.15) is 15.0 Å². The Bertz CT molecular complexity index is 301. The van der Waals surface area contributed by atoms with Crippen molar-refractivity contribution in [3.8, 4) is 6.01 Å². The highest BCUT2D eigenvalue weighted by molar-refractivity contribution is 5.18. The minimum Gasteiger partial charge on any atom is -0.464 e. The Morgan fingerprint density at radius 2 is 2.00 bits per heavy atom. The van der Waals surface area contributed by atoms with Crippen LogP contribution in [0.4, 0.5) is 5.95 Å². The minimum absolute atomic E-state index is 0.221. The van der Waals surface area contributed by atoms with Crippen LogP contribution in [0.5, 0.6) is 6.01 Å². The Kier molecular flexibility index (Phi) is 3.62. The molecule has 0 atom stereocenters. The summed E-state index contributed by atoms with van der Waals surface area (Å²) in [5.41, 5.74) is 5.52. The first-order chi connectivity index (χ1) is 6.61. The number of ether oxygens (including phenoxy) is 1. The van der Waals surface area contributed by atoms with Crippen LogP contribution in [0.25, 0.3) is 0 Å². The molecule has 0 saturated carbocycles. The third-order valence-electron chi connectivity index (χ3n) is 1.54. The molecule has 0 aliphatic carbocycles. The van der Waals surface area contributed by atoms with Gasteiger partial charge in [0.1, 0.15) is 5.82 Å². The predicted octanol–water partition coefficient (Wildman–Crippen LogP) is 1.05. The second-order valence-electron chi connectivity index (χ2n) is 3.42. The van der Waals surface area contributed by atoms with Crippen LogP contribution in [0.3, 0.4) is 0 Å². The number of aromatic nitrogens is 3. The van der Waals surface area contributed by atoms with E-state index < -0.39 is 0 Å². The second kappa shape index (κ2) is 4.74. The van der Waals surface area contributed by atoms with Gasteiger partial charge in [-0.25, -0.2) is 0 Å². The zero-order valence-electron chi connectivity index (χ0n) is 8.82. The van der Waals surface area contributed by atoms with Crippen molar-refractivity contribution in [1.82, 2.24) is 15.0 Å². The molecule has 0 radical (unpaired) electrons. The molecule has 0 spiro atoms. The number of nitrogens with zero attached hydrogens (tertiary/aromatic N) is 3. The number of hydrogen-bond acceptors (Lipinski definition) is 5. The van der Waals surface area contributed by atoms with E-state index in [1.54, 1.807) is 0 Å². The molecule has 1 aromatic rings. The van der Waals surface area contributed by atoms with Crippen LogP contribution >= 0.6 is 0 Å². The number of nitrogens with two attached hydrogens (primary N) is 1. The van der Waals surface area contributed by atoms with E-state index in [9.17, 15) is 0 Å². The van der Waals surface area contributed by atoms with E-state index in [1.165, 1.54) is 0 Å². The fourth-order valence-electron chi connectivity index (χ4n) is 1.07. The molecule has 5 nitrogen and oxygen atoms in total. The highest BCUT2D eigenvalue weighted by Crippen LogP contribution is 2.08. The van der Waals surface area contributed by atoms with Gasteiger partial charge in [-0.1, -0.05) is 13.8 Å². The molecule has 0 amide bonds. The van der Waals surface area contributed by atoms with Gasteiger partial charge < -0.3 is 10.5 Å². The van der Waals surface area contributed by atoms with E-state index in [1.807, 2.05) is 6.92 Å². The lowest BCUT2D eigenvalue weighted by atomic mass is 10.1. The minimum atomic E-state index is 0.221. The molecule has 0 bridgehead atoms. The molecule has 1 heterocycles. The third kappa shape index (κ3) is 3.16. The van der Waals surface area contributed by atoms with Gasteiger partial charge in [0, 0.05) is 6.42 Å². The lowest BCUT2D eigenvalue weighted by molar-refractivity contribution is 0.310. The highest BCUT2D eigenvalue weighted by atomic mass is 16.5. The molecule has 5 heteroatoms. The summed E-state index contributed by atoms with van der Waals surface area (Å²) < 4.78 is 5.17. The molecule has 0 fully saturated rings. The maximum atomic E-state index is 5.52. The molecule has 1 aromatic heterocycles. The van der Waals surface area contributed by atoms with Gasteiger partial charge in [0.2, 0.25) is 5.95 Å². The Labute approximate surface area is 83.7 Å². The van der Waals surface area contributed by atoms with Crippen molar-refractivity contribution in [3.63, 3.8) is 0 Å².